The summed E-state index contributed by atoms with van der Waals surface area (Å²) in [7, 11) is 1.61. The standard InChI is InChI=1S/C15H20O3/c1-15(2,3)18-14(16)11-10-13(17-4)12-8-6-5-7-9-12/h5-11,13H,1-4H3/b11-10+/t13-/m0/s1. The van der Waals surface area contributed by atoms with Crippen LogP contribution in [0.4, 0.5) is 0 Å². The van der Waals surface area contributed by atoms with Gasteiger partial charge < -0.3 is 9.47 Å². The summed E-state index contributed by atoms with van der Waals surface area (Å²) in [6, 6.07) is 9.71. The van der Waals surface area contributed by atoms with Crippen molar-refractivity contribution in [3.8, 4) is 0 Å². The van der Waals surface area contributed by atoms with Gasteiger partial charge in [-0.15, -0.1) is 0 Å². The highest BCUT2D eigenvalue weighted by Gasteiger charge is 2.14. The summed E-state index contributed by atoms with van der Waals surface area (Å²) in [5.41, 5.74) is 0.524. The van der Waals surface area contributed by atoms with E-state index in [-0.39, 0.29) is 12.1 Å². The number of hydrogen-bond acceptors (Lipinski definition) is 3. The third-order valence-corrected chi connectivity index (χ3v) is 2.20. The lowest BCUT2D eigenvalue weighted by molar-refractivity contribution is -0.148. The predicted octanol–water partition coefficient (Wildman–Crippen LogP) is 3.27. The van der Waals surface area contributed by atoms with Gasteiger partial charge in [0.25, 0.3) is 0 Å². The van der Waals surface area contributed by atoms with Crippen LogP contribution >= 0.6 is 0 Å². The number of ether oxygens (including phenoxy) is 2. The SMILES string of the molecule is CO[C@@H](/C=C/C(=O)OC(C)(C)C)c1ccccc1. The van der Waals surface area contributed by atoms with Gasteiger partial charge in [-0.25, -0.2) is 4.79 Å². The van der Waals surface area contributed by atoms with Crippen LogP contribution in [0.15, 0.2) is 42.5 Å². The Morgan fingerprint density at radius 1 is 1.22 bits per heavy atom. The van der Waals surface area contributed by atoms with E-state index in [9.17, 15) is 4.79 Å². The maximum absolute atomic E-state index is 11.5. The van der Waals surface area contributed by atoms with Gasteiger partial charge in [-0.1, -0.05) is 30.3 Å². The highest BCUT2D eigenvalue weighted by atomic mass is 16.6. The molecule has 3 nitrogen and oxygen atoms in total. The number of methoxy groups -OCH3 is 1. The van der Waals surface area contributed by atoms with Crippen molar-refractivity contribution < 1.29 is 14.3 Å². The summed E-state index contributed by atoms with van der Waals surface area (Å²) in [6.07, 6.45) is 2.87. The maximum atomic E-state index is 11.5. The lowest BCUT2D eigenvalue weighted by Gasteiger charge is -2.18. The van der Waals surface area contributed by atoms with Crippen LogP contribution in [0, 0.1) is 0 Å². The third-order valence-electron chi connectivity index (χ3n) is 2.20. The molecule has 0 spiro atoms. The van der Waals surface area contributed by atoms with Gasteiger partial charge in [-0.2, -0.15) is 0 Å². The number of carbonyl (C=O) groups is 1. The Labute approximate surface area is 108 Å². The molecular weight excluding hydrogens is 228 g/mol. The second-order valence-corrected chi connectivity index (χ2v) is 4.96. The van der Waals surface area contributed by atoms with E-state index in [1.165, 1.54) is 6.08 Å². The van der Waals surface area contributed by atoms with Gasteiger partial charge in [0.2, 0.25) is 0 Å². The van der Waals surface area contributed by atoms with Gasteiger partial charge in [-0.05, 0) is 32.4 Å². The summed E-state index contributed by atoms with van der Waals surface area (Å²) in [5.74, 6) is -0.361. The maximum Gasteiger partial charge on any atom is 0.331 e. The van der Waals surface area contributed by atoms with Crippen LogP contribution in [0.5, 0.6) is 0 Å². The van der Waals surface area contributed by atoms with Gasteiger partial charge in [0.1, 0.15) is 11.7 Å². The Bertz CT molecular complexity index is 401. The molecule has 0 fully saturated rings. The zero-order valence-corrected chi connectivity index (χ0v) is 11.3. The third kappa shape index (κ3) is 5.15. The van der Waals surface area contributed by atoms with Crippen molar-refractivity contribution in [3.05, 3.63) is 48.0 Å². The molecule has 1 rings (SSSR count). The molecule has 0 unspecified atom stereocenters. The second kappa shape index (κ2) is 6.36. The van der Waals surface area contributed by atoms with Crippen LogP contribution in [0.2, 0.25) is 0 Å². The Hall–Kier alpha value is -1.61. The van der Waals surface area contributed by atoms with Crippen molar-refractivity contribution >= 4 is 5.97 Å². The molecule has 0 aliphatic heterocycles. The van der Waals surface area contributed by atoms with Crippen molar-refractivity contribution in [1.82, 2.24) is 0 Å². The number of rotatable bonds is 4. The molecule has 0 heterocycles. The monoisotopic (exact) mass is 248 g/mol. The molecule has 0 aromatic heterocycles. The minimum Gasteiger partial charge on any atom is -0.457 e. The predicted molar refractivity (Wildman–Crippen MR) is 71.2 cm³/mol. The quantitative estimate of drug-likeness (QED) is 0.606. The Morgan fingerprint density at radius 2 is 1.83 bits per heavy atom. The van der Waals surface area contributed by atoms with E-state index in [4.69, 9.17) is 9.47 Å². The number of hydrogen-bond donors (Lipinski definition) is 0. The molecule has 3 heteroatoms. The first kappa shape index (κ1) is 14.5. The second-order valence-electron chi connectivity index (χ2n) is 4.96. The summed E-state index contributed by atoms with van der Waals surface area (Å²) in [4.78, 5) is 11.5. The van der Waals surface area contributed by atoms with E-state index < -0.39 is 5.60 Å². The first-order chi connectivity index (χ1) is 8.42. The highest BCUT2D eigenvalue weighted by molar-refractivity contribution is 5.82. The largest absolute Gasteiger partial charge is 0.457 e. The van der Waals surface area contributed by atoms with Crippen molar-refractivity contribution in [1.29, 1.82) is 0 Å². The van der Waals surface area contributed by atoms with E-state index >= 15 is 0 Å². The van der Waals surface area contributed by atoms with Gasteiger partial charge in [0.05, 0.1) is 0 Å². The van der Waals surface area contributed by atoms with Gasteiger partial charge >= 0.3 is 5.97 Å². The number of benzene rings is 1. The molecule has 0 bridgehead atoms. The molecule has 1 aromatic rings. The average molecular weight is 248 g/mol. The van der Waals surface area contributed by atoms with Crippen molar-refractivity contribution in [3.63, 3.8) is 0 Å². The fourth-order valence-electron chi connectivity index (χ4n) is 1.47. The van der Waals surface area contributed by atoms with Crippen molar-refractivity contribution in [2.24, 2.45) is 0 Å². The van der Waals surface area contributed by atoms with Gasteiger partial charge in [0.15, 0.2) is 0 Å². The molecule has 1 atom stereocenters. The van der Waals surface area contributed by atoms with Crippen LogP contribution in [0.1, 0.15) is 32.4 Å². The molecule has 0 radical (unpaired) electrons. The van der Waals surface area contributed by atoms with Gasteiger partial charge in [0, 0.05) is 13.2 Å². The minimum absolute atomic E-state index is 0.237. The van der Waals surface area contributed by atoms with Crippen LogP contribution in [0.3, 0.4) is 0 Å². The van der Waals surface area contributed by atoms with E-state index in [0.29, 0.717) is 0 Å². The molecular formula is C15H20O3. The van der Waals surface area contributed by atoms with E-state index in [2.05, 4.69) is 0 Å². The van der Waals surface area contributed by atoms with Crippen molar-refractivity contribution in [2.75, 3.05) is 7.11 Å². The average Bonchev–Trinajstić information content (AvgIpc) is 2.29. The van der Waals surface area contributed by atoms with Crippen LogP contribution in [-0.4, -0.2) is 18.7 Å². The molecule has 0 amide bonds. The summed E-state index contributed by atoms with van der Waals surface area (Å²) in [6.45, 7) is 5.51. The van der Waals surface area contributed by atoms with Crippen LogP contribution in [-0.2, 0) is 14.3 Å². The normalized spacial score (nSPS) is 13.6. The molecule has 18 heavy (non-hydrogen) atoms. The Morgan fingerprint density at radius 3 is 2.33 bits per heavy atom. The topological polar surface area (TPSA) is 35.5 Å². The highest BCUT2D eigenvalue weighted by Crippen LogP contribution is 2.17. The summed E-state index contributed by atoms with van der Waals surface area (Å²) < 4.78 is 10.5. The first-order valence-corrected chi connectivity index (χ1v) is 5.91. The molecule has 0 aliphatic rings. The fraction of sp³-hybridized carbons (Fsp3) is 0.400. The first-order valence-electron chi connectivity index (χ1n) is 5.91. The lowest BCUT2D eigenvalue weighted by atomic mass is 10.1. The molecule has 0 saturated heterocycles. The molecule has 98 valence electrons. The summed E-state index contributed by atoms with van der Waals surface area (Å²) >= 11 is 0. The lowest BCUT2D eigenvalue weighted by Crippen LogP contribution is -2.22. The van der Waals surface area contributed by atoms with Crippen LogP contribution < -0.4 is 0 Å². The Balaban J connectivity index is 2.67. The zero-order chi connectivity index (χ0) is 13.6. The fourth-order valence-corrected chi connectivity index (χ4v) is 1.47. The zero-order valence-electron chi connectivity index (χ0n) is 11.3. The molecule has 0 aliphatic carbocycles. The summed E-state index contributed by atoms with van der Waals surface area (Å²) in [5, 5.41) is 0. The molecule has 0 N–H and O–H groups in total. The minimum atomic E-state index is -0.475. The van der Waals surface area contributed by atoms with E-state index in [1.807, 2.05) is 51.1 Å². The number of carbonyl (C=O) groups excluding carboxylic acids is 1. The van der Waals surface area contributed by atoms with Crippen molar-refractivity contribution in [2.45, 2.75) is 32.5 Å². The Kier molecular flexibility index (Phi) is 5.10. The van der Waals surface area contributed by atoms with E-state index in [0.717, 1.165) is 5.56 Å². The number of esters is 1. The molecule has 1 aromatic carbocycles. The molecule has 0 saturated carbocycles. The van der Waals surface area contributed by atoms with E-state index in [1.54, 1.807) is 13.2 Å². The smallest absolute Gasteiger partial charge is 0.331 e. The van der Waals surface area contributed by atoms with Gasteiger partial charge in [-0.3, -0.25) is 0 Å². The van der Waals surface area contributed by atoms with Crippen LogP contribution in [0.25, 0.3) is 0 Å².